The minimum Gasteiger partial charge on any atom is -0.444 e. The molecule has 0 bridgehead atoms. The summed E-state index contributed by atoms with van der Waals surface area (Å²) in [6, 6.07) is 20.9. The minimum atomic E-state index is -0.665. The number of nitrogens with one attached hydrogen (secondary N) is 4. The number of hydrogen-bond donors (Lipinski definition) is 4. The summed E-state index contributed by atoms with van der Waals surface area (Å²) < 4.78 is 5.41. The number of rotatable bonds is 9. The summed E-state index contributed by atoms with van der Waals surface area (Å²) in [5, 5.41) is 11.8. The molecule has 1 fully saturated rings. The summed E-state index contributed by atoms with van der Waals surface area (Å²) >= 11 is 0. The van der Waals surface area contributed by atoms with Crippen LogP contribution in [-0.4, -0.2) is 70.9 Å². The first-order valence-electron chi connectivity index (χ1n) is 18.4. The molecule has 3 aliphatic rings. The Labute approximate surface area is 311 Å². The molecule has 0 aromatic heterocycles. The number of benzene rings is 3. The number of carbonyl (C=O) groups is 5. The molecule has 6 amide bonds. The van der Waals surface area contributed by atoms with Crippen molar-refractivity contribution in [2.24, 2.45) is 5.92 Å². The first-order valence-corrected chi connectivity index (χ1v) is 18.4. The summed E-state index contributed by atoms with van der Waals surface area (Å²) in [4.78, 5) is 69.5. The first kappa shape index (κ1) is 37.4. The van der Waals surface area contributed by atoms with Crippen LogP contribution in [0.2, 0.25) is 0 Å². The van der Waals surface area contributed by atoms with E-state index in [1.54, 1.807) is 30.6 Å². The number of nitrogens with zero attached hydrogens (tertiary/aromatic N) is 2. The molecule has 3 aromatic rings. The van der Waals surface area contributed by atoms with E-state index in [4.69, 9.17) is 4.74 Å². The van der Waals surface area contributed by atoms with Gasteiger partial charge in [-0.05, 0) is 106 Å². The van der Waals surface area contributed by atoms with Gasteiger partial charge in [0.2, 0.25) is 17.7 Å². The molecule has 3 aromatic carbocycles. The fourth-order valence-corrected chi connectivity index (χ4v) is 7.56. The lowest BCUT2D eigenvalue weighted by atomic mass is 9.79. The summed E-state index contributed by atoms with van der Waals surface area (Å²) in [6.45, 7) is 10.2. The van der Waals surface area contributed by atoms with E-state index in [1.165, 1.54) is 0 Å². The van der Waals surface area contributed by atoms with Crippen molar-refractivity contribution in [1.82, 2.24) is 20.4 Å². The van der Waals surface area contributed by atoms with Gasteiger partial charge in [-0.1, -0.05) is 48.5 Å². The zero-order chi connectivity index (χ0) is 37.9. The third kappa shape index (κ3) is 8.64. The van der Waals surface area contributed by atoms with Gasteiger partial charge in [-0.15, -0.1) is 0 Å². The molecule has 0 radical (unpaired) electrons. The second kappa shape index (κ2) is 15.3. The van der Waals surface area contributed by atoms with Gasteiger partial charge in [0.05, 0.1) is 5.41 Å². The smallest absolute Gasteiger partial charge is 0.407 e. The van der Waals surface area contributed by atoms with Crippen molar-refractivity contribution in [2.45, 2.75) is 90.4 Å². The van der Waals surface area contributed by atoms with E-state index in [0.29, 0.717) is 44.5 Å². The fraction of sp³-hybridized carbons (Fsp3) is 0.439. The van der Waals surface area contributed by atoms with E-state index < -0.39 is 17.1 Å². The van der Waals surface area contributed by atoms with Crippen molar-refractivity contribution in [3.05, 3.63) is 94.5 Å². The van der Waals surface area contributed by atoms with Crippen LogP contribution in [0.4, 0.5) is 21.0 Å². The molecular formula is C41H50N6O6. The number of urea groups is 1. The lowest BCUT2D eigenvalue weighted by molar-refractivity contribution is -0.140. The molecule has 2 aliphatic heterocycles. The number of fused-ring (bicyclic) bond motifs is 3. The van der Waals surface area contributed by atoms with Crippen molar-refractivity contribution >= 4 is 41.2 Å². The summed E-state index contributed by atoms with van der Waals surface area (Å²) in [6.07, 6.45) is 1.52. The molecule has 1 spiro atoms. The maximum atomic E-state index is 14.2. The Morgan fingerprint density at radius 1 is 0.943 bits per heavy atom. The Hall–Kier alpha value is -5.39. The Bertz CT molecular complexity index is 1900. The third-order valence-corrected chi connectivity index (χ3v) is 10.1. The Kier molecular flexibility index (Phi) is 10.8. The molecule has 12 heteroatoms. The van der Waals surface area contributed by atoms with Gasteiger partial charge >= 0.3 is 12.1 Å². The largest absolute Gasteiger partial charge is 0.444 e. The molecule has 0 saturated carbocycles. The van der Waals surface area contributed by atoms with Gasteiger partial charge in [0.25, 0.3) is 0 Å². The number of piperidine rings is 1. The number of ether oxygens (including phenoxy) is 1. The minimum absolute atomic E-state index is 0.00597. The van der Waals surface area contributed by atoms with E-state index in [2.05, 4.69) is 21.3 Å². The average molecular weight is 723 g/mol. The van der Waals surface area contributed by atoms with Crippen LogP contribution in [0.15, 0.2) is 66.7 Å². The van der Waals surface area contributed by atoms with Gasteiger partial charge in [-0.25, -0.2) is 9.59 Å². The molecule has 53 heavy (non-hydrogen) atoms. The number of alkyl carbamates (subject to hydrolysis) is 1. The molecule has 6 rings (SSSR count). The van der Waals surface area contributed by atoms with Gasteiger partial charge in [0.15, 0.2) is 0 Å². The van der Waals surface area contributed by atoms with Crippen LogP contribution in [0, 0.1) is 5.92 Å². The van der Waals surface area contributed by atoms with Crippen LogP contribution < -0.4 is 21.3 Å². The molecule has 4 N–H and O–H groups in total. The van der Waals surface area contributed by atoms with Gasteiger partial charge in [-0.2, -0.15) is 0 Å². The molecule has 1 atom stereocenters. The molecule has 12 nitrogen and oxygen atoms in total. The topological polar surface area (TPSA) is 149 Å². The van der Waals surface area contributed by atoms with E-state index >= 15 is 0 Å². The molecule has 1 aliphatic carbocycles. The van der Waals surface area contributed by atoms with Gasteiger partial charge in [0.1, 0.15) is 12.1 Å². The van der Waals surface area contributed by atoms with Crippen LogP contribution in [0.1, 0.15) is 75.3 Å². The van der Waals surface area contributed by atoms with Gasteiger partial charge < -0.3 is 35.8 Å². The Morgan fingerprint density at radius 2 is 1.62 bits per heavy atom. The standard InChI is InChI=1S/C41H50N6O6/c1-26(2)43-38(51)46-18-16-27(17-19-46)36(49)47(24-30-11-7-6-10-29(30)23-42-39(52)53-40(3,4)5)25-35(48)44-32-15-14-28-21-41(22-31(28)20-32)33-12-8-9-13-34(33)45-37(41)50/h6-15,20,26-27H,16-19,21-25H2,1-5H3,(H,42,52)(H,43,51)(H,44,48)(H,45,50). The summed E-state index contributed by atoms with van der Waals surface area (Å²) in [5.41, 5.74) is 4.77. The van der Waals surface area contributed by atoms with Crippen LogP contribution in [0.25, 0.3) is 0 Å². The third-order valence-electron chi connectivity index (χ3n) is 10.1. The fourth-order valence-electron chi connectivity index (χ4n) is 7.56. The predicted octanol–water partition coefficient (Wildman–Crippen LogP) is 5.50. The zero-order valence-electron chi connectivity index (χ0n) is 31.2. The Balaban J connectivity index is 1.17. The number of amides is 6. The number of hydrogen-bond acceptors (Lipinski definition) is 6. The highest BCUT2D eigenvalue weighted by atomic mass is 16.6. The van der Waals surface area contributed by atoms with Crippen molar-refractivity contribution in [3.8, 4) is 0 Å². The van der Waals surface area contributed by atoms with Crippen molar-refractivity contribution in [1.29, 1.82) is 0 Å². The monoisotopic (exact) mass is 722 g/mol. The lowest BCUT2D eigenvalue weighted by Crippen LogP contribution is -2.49. The second-order valence-corrected chi connectivity index (χ2v) is 15.7. The van der Waals surface area contributed by atoms with Crippen molar-refractivity contribution < 1.29 is 28.7 Å². The van der Waals surface area contributed by atoms with Crippen LogP contribution in [0.5, 0.6) is 0 Å². The maximum absolute atomic E-state index is 14.2. The highest BCUT2D eigenvalue weighted by Gasteiger charge is 2.50. The molecular weight excluding hydrogens is 672 g/mol. The van der Waals surface area contributed by atoms with Crippen LogP contribution in [-0.2, 0) is 50.5 Å². The van der Waals surface area contributed by atoms with E-state index in [1.807, 2.05) is 80.6 Å². The summed E-state index contributed by atoms with van der Waals surface area (Å²) in [7, 11) is 0. The normalized spacial score (nSPS) is 17.9. The van der Waals surface area contributed by atoms with E-state index in [-0.39, 0.29) is 55.3 Å². The number of para-hydroxylation sites is 1. The molecule has 1 unspecified atom stereocenters. The second-order valence-electron chi connectivity index (χ2n) is 15.7. The highest BCUT2D eigenvalue weighted by Crippen LogP contribution is 2.47. The Morgan fingerprint density at radius 3 is 2.34 bits per heavy atom. The SMILES string of the molecule is CC(C)NC(=O)N1CCC(C(=O)N(CC(=O)Nc2ccc3c(c2)CC2(C3)C(=O)Nc3ccccc32)Cc2ccccc2CNC(=O)OC(C)(C)C)CC1. The van der Waals surface area contributed by atoms with Gasteiger partial charge in [-0.3, -0.25) is 14.4 Å². The summed E-state index contributed by atoms with van der Waals surface area (Å²) in [5.74, 6) is -0.897. The number of likely N-dealkylation sites (tertiary alicyclic amines) is 1. The first-order chi connectivity index (χ1) is 25.2. The number of anilines is 2. The van der Waals surface area contributed by atoms with Crippen LogP contribution >= 0.6 is 0 Å². The molecule has 280 valence electrons. The van der Waals surface area contributed by atoms with Crippen LogP contribution in [0.3, 0.4) is 0 Å². The maximum Gasteiger partial charge on any atom is 0.407 e. The van der Waals surface area contributed by atoms with E-state index in [9.17, 15) is 24.0 Å². The quantitative estimate of drug-likeness (QED) is 0.229. The van der Waals surface area contributed by atoms with E-state index in [0.717, 1.165) is 33.5 Å². The van der Waals surface area contributed by atoms with Crippen molar-refractivity contribution in [2.75, 3.05) is 30.3 Å². The average Bonchev–Trinajstić information content (AvgIpc) is 3.62. The van der Waals surface area contributed by atoms with Gasteiger partial charge in [0, 0.05) is 49.5 Å². The predicted molar refractivity (Wildman–Crippen MR) is 202 cm³/mol. The number of carbonyl (C=O) groups excluding carboxylic acids is 5. The zero-order valence-corrected chi connectivity index (χ0v) is 31.2. The molecule has 1 saturated heterocycles. The lowest BCUT2D eigenvalue weighted by Gasteiger charge is -2.34. The van der Waals surface area contributed by atoms with Crippen molar-refractivity contribution in [3.63, 3.8) is 0 Å². The highest BCUT2D eigenvalue weighted by molar-refractivity contribution is 6.07. The molecule has 2 heterocycles.